The molecule has 43 heavy (non-hydrogen) atoms. The third-order valence-electron chi connectivity index (χ3n) is 6.97. The molecule has 0 spiro atoms. The normalized spacial score (nSPS) is 22.0. The van der Waals surface area contributed by atoms with Crippen molar-refractivity contribution in [2.24, 2.45) is 0 Å². The van der Waals surface area contributed by atoms with Crippen LogP contribution in [0.5, 0.6) is 40.2 Å². The maximum Gasteiger partial charge on any atom is 0.338 e. The molecule has 0 saturated carbocycles. The summed E-state index contributed by atoms with van der Waals surface area (Å²) in [4.78, 5) is 26.0. The van der Waals surface area contributed by atoms with Gasteiger partial charge in [-0.05, 0) is 30.3 Å². The van der Waals surface area contributed by atoms with Crippen LogP contribution in [0.3, 0.4) is 0 Å². The molecular formula is C28H24O15. The predicted molar refractivity (Wildman–Crippen MR) is 142 cm³/mol. The summed E-state index contributed by atoms with van der Waals surface area (Å²) in [5.41, 5.74) is -2.13. The molecule has 15 heteroatoms. The van der Waals surface area contributed by atoms with Gasteiger partial charge in [0, 0.05) is 17.7 Å². The van der Waals surface area contributed by atoms with Crippen LogP contribution in [0.25, 0.3) is 22.3 Å². The molecular weight excluding hydrogens is 576 g/mol. The van der Waals surface area contributed by atoms with Gasteiger partial charge in [-0.3, -0.25) is 4.79 Å². The molecule has 1 aliphatic rings. The van der Waals surface area contributed by atoms with E-state index in [2.05, 4.69) is 0 Å². The lowest BCUT2D eigenvalue weighted by Crippen LogP contribution is -2.56. The summed E-state index contributed by atoms with van der Waals surface area (Å²) in [6.07, 6.45) is -9.12. The van der Waals surface area contributed by atoms with Crippen LogP contribution in [0.15, 0.2) is 51.7 Å². The SMILES string of the molecule is O=C(OC1[C@@H](O)[C@H](O)C(CO)O[C@H]1c1c(O)cc2oc(-c3ccc(O)c(O)c3)cc(=O)c2c1O)c1cc(O)c(O)c(O)c1. The van der Waals surface area contributed by atoms with Crippen molar-refractivity contribution in [2.45, 2.75) is 30.5 Å². The first-order chi connectivity index (χ1) is 20.3. The number of carbonyl (C=O) groups excluding carboxylic acids is 1. The highest BCUT2D eigenvalue weighted by Gasteiger charge is 2.49. The third-order valence-corrected chi connectivity index (χ3v) is 6.97. The summed E-state index contributed by atoms with van der Waals surface area (Å²) >= 11 is 0. The van der Waals surface area contributed by atoms with E-state index in [1.54, 1.807) is 0 Å². The smallest absolute Gasteiger partial charge is 0.338 e. The van der Waals surface area contributed by atoms with Crippen molar-refractivity contribution in [1.82, 2.24) is 0 Å². The highest BCUT2D eigenvalue weighted by molar-refractivity contribution is 5.91. The Hall–Kier alpha value is -5.22. The quantitative estimate of drug-likeness (QED) is 0.112. The number of hydrogen-bond donors (Lipinski definition) is 10. The molecule has 5 atom stereocenters. The molecule has 5 rings (SSSR count). The molecule has 0 radical (unpaired) electrons. The number of esters is 1. The van der Waals surface area contributed by atoms with Crippen LogP contribution in [0.4, 0.5) is 0 Å². The Balaban J connectivity index is 1.61. The van der Waals surface area contributed by atoms with E-state index in [1.165, 1.54) is 6.07 Å². The Morgan fingerprint density at radius 3 is 2.09 bits per heavy atom. The standard InChI is InChI=1S/C28H24O15/c29-8-19-23(37)25(39)27(43-28(40)10-4-15(34)22(36)16(35)5-10)26(42-19)21-14(33)7-18-20(24(21)38)13(32)6-17(41-18)9-1-2-11(30)12(31)3-9/h1-7,19,23,25-27,29-31,33-39H,8H2/t19?,23-,25+,26+,27?/m1/s1. The van der Waals surface area contributed by atoms with E-state index in [1.807, 2.05) is 0 Å². The monoisotopic (exact) mass is 600 g/mol. The van der Waals surface area contributed by atoms with E-state index < -0.39 is 105 Å². The lowest BCUT2D eigenvalue weighted by atomic mass is 9.89. The summed E-state index contributed by atoms with van der Waals surface area (Å²) in [6.45, 7) is -0.866. The maximum absolute atomic E-state index is 13.1. The minimum atomic E-state index is -2.00. The Morgan fingerprint density at radius 2 is 1.47 bits per heavy atom. The first-order valence-corrected chi connectivity index (χ1v) is 12.5. The van der Waals surface area contributed by atoms with Gasteiger partial charge in [-0.2, -0.15) is 0 Å². The molecule has 226 valence electrons. The fraction of sp³-hybridized carbons (Fsp3) is 0.214. The molecule has 10 N–H and O–H groups in total. The highest BCUT2D eigenvalue weighted by atomic mass is 16.6. The van der Waals surface area contributed by atoms with Crippen molar-refractivity contribution in [3.63, 3.8) is 0 Å². The van der Waals surface area contributed by atoms with Crippen LogP contribution in [0.1, 0.15) is 22.0 Å². The van der Waals surface area contributed by atoms with Crippen LogP contribution < -0.4 is 5.43 Å². The average molecular weight is 600 g/mol. The topological polar surface area (TPSA) is 268 Å². The summed E-state index contributed by atoms with van der Waals surface area (Å²) in [5.74, 6) is -6.77. The second-order valence-corrected chi connectivity index (χ2v) is 9.70. The van der Waals surface area contributed by atoms with Crippen LogP contribution in [-0.4, -0.2) is 88.1 Å². The lowest BCUT2D eigenvalue weighted by molar-refractivity contribution is -0.232. The van der Waals surface area contributed by atoms with Gasteiger partial charge in [-0.1, -0.05) is 0 Å². The van der Waals surface area contributed by atoms with Crippen LogP contribution in [0, 0.1) is 0 Å². The molecule has 1 aliphatic heterocycles. The summed E-state index contributed by atoms with van der Waals surface area (Å²) < 4.78 is 16.6. The van der Waals surface area contributed by atoms with Crippen molar-refractivity contribution in [3.05, 3.63) is 63.8 Å². The van der Waals surface area contributed by atoms with E-state index >= 15 is 0 Å². The number of rotatable bonds is 5. The fourth-order valence-electron chi connectivity index (χ4n) is 4.77. The number of phenols is 7. The summed E-state index contributed by atoms with van der Waals surface area (Å²) in [5, 5.41) is 101. The average Bonchev–Trinajstić information content (AvgIpc) is 2.95. The zero-order chi connectivity index (χ0) is 31.3. The third kappa shape index (κ3) is 5.06. The Bertz CT molecular complexity index is 1770. The van der Waals surface area contributed by atoms with Crippen LogP contribution in [-0.2, 0) is 9.47 Å². The number of fused-ring (bicyclic) bond motifs is 1. The molecule has 0 amide bonds. The molecule has 15 nitrogen and oxygen atoms in total. The van der Waals surface area contributed by atoms with Gasteiger partial charge < -0.3 is 65.0 Å². The van der Waals surface area contributed by atoms with Gasteiger partial charge in [0.25, 0.3) is 0 Å². The minimum Gasteiger partial charge on any atom is -0.507 e. The minimum absolute atomic E-state index is 0.112. The molecule has 2 unspecified atom stereocenters. The number of phenolic OH excluding ortho intramolecular Hbond substituents is 7. The number of aromatic hydroxyl groups is 7. The van der Waals surface area contributed by atoms with E-state index in [-0.39, 0.29) is 16.9 Å². The van der Waals surface area contributed by atoms with Gasteiger partial charge in [0.15, 0.2) is 40.3 Å². The van der Waals surface area contributed by atoms with E-state index in [0.717, 1.165) is 36.4 Å². The maximum atomic E-state index is 13.1. The summed E-state index contributed by atoms with van der Waals surface area (Å²) in [6, 6.07) is 6.92. The number of hydrogen-bond acceptors (Lipinski definition) is 15. The lowest BCUT2D eigenvalue weighted by Gasteiger charge is -2.42. The Kier molecular flexibility index (Phi) is 7.41. The first-order valence-electron chi connectivity index (χ1n) is 12.5. The van der Waals surface area contributed by atoms with Gasteiger partial charge in [0.2, 0.25) is 0 Å². The fourth-order valence-corrected chi connectivity index (χ4v) is 4.77. The van der Waals surface area contributed by atoms with Gasteiger partial charge >= 0.3 is 5.97 Å². The zero-order valence-electron chi connectivity index (χ0n) is 21.6. The van der Waals surface area contributed by atoms with Gasteiger partial charge in [-0.25, -0.2) is 4.79 Å². The van der Waals surface area contributed by atoms with Crippen LogP contribution in [0.2, 0.25) is 0 Å². The zero-order valence-corrected chi connectivity index (χ0v) is 21.6. The highest BCUT2D eigenvalue weighted by Crippen LogP contribution is 2.46. The number of carbonyl (C=O) groups is 1. The van der Waals surface area contributed by atoms with Gasteiger partial charge in [-0.15, -0.1) is 0 Å². The Labute approximate surface area is 239 Å². The molecule has 1 aromatic heterocycles. The van der Waals surface area contributed by atoms with E-state index in [0.29, 0.717) is 0 Å². The second-order valence-electron chi connectivity index (χ2n) is 9.70. The predicted octanol–water partition coefficient (Wildman–Crippen LogP) is 0.779. The number of aliphatic hydroxyl groups is 3. The van der Waals surface area contributed by atoms with Crippen molar-refractivity contribution in [2.75, 3.05) is 6.61 Å². The van der Waals surface area contributed by atoms with E-state index in [4.69, 9.17) is 13.9 Å². The molecule has 0 aliphatic carbocycles. The van der Waals surface area contributed by atoms with Crippen LogP contribution >= 0.6 is 0 Å². The molecule has 2 heterocycles. The molecule has 3 aromatic carbocycles. The van der Waals surface area contributed by atoms with E-state index in [9.17, 15) is 60.7 Å². The molecule has 0 bridgehead atoms. The van der Waals surface area contributed by atoms with Crippen molar-refractivity contribution in [1.29, 1.82) is 0 Å². The van der Waals surface area contributed by atoms with Gasteiger partial charge in [0.1, 0.15) is 52.6 Å². The summed E-state index contributed by atoms with van der Waals surface area (Å²) in [7, 11) is 0. The van der Waals surface area contributed by atoms with Crippen molar-refractivity contribution < 1.29 is 69.8 Å². The first kappa shape index (κ1) is 29.3. The number of aliphatic hydroxyl groups excluding tert-OH is 3. The van der Waals surface area contributed by atoms with Gasteiger partial charge in [0.05, 0.1) is 17.7 Å². The molecule has 1 fully saturated rings. The number of benzene rings is 3. The van der Waals surface area contributed by atoms with Crippen molar-refractivity contribution in [3.8, 4) is 51.6 Å². The Morgan fingerprint density at radius 1 is 0.791 bits per heavy atom. The number of ether oxygens (including phenoxy) is 2. The molecule has 4 aromatic rings. The second kappa shape index (κ2) is 10.9. The molecule has 1 saturated heterocycles. The largest absolute Gasteiger partial charge is 0.507 e. The van der Waals surface area contributed by atoms with Crippen molar-refractivity contribution >= 4 is 16.9 Å².